The predicted octanol–water partition coefficient (Wildman–Crippen LogP) is 3.41. The van der Waals surface area contributed by atoms with E-state index in [0.29, 0.717) is 67.2 Å². The van der Waals surface area contributed by atoms with Crippen LogP contribution >= 0.6 is 0 Å². The predicted molar refractivity (Wildman–Crippen MR) is 114 cm³/mol. The lowest BCUT2D eigenvalue weighted by Gasteiger charge is -2.26. The molecule has 0 N–H and O–H groups in total. The highest BCUT2D eigenvalue weighted by Crippen LogP contribution is 2.39. The maximum atomic E-state index is 13.6. The maximum absolute atomic E-state index is 13.6. The normalized spacial score (nSPS) is 13.4. The van der Waals surface area contributed by atoms with Crippen LogP contribution in [0, 0.1) is 6.92 Å². The summed E-state index contributed by atoms with van der Waals surface area (Å²) in [6.07, 6.45) is 1.25. The van der Waals surface area contributed by atoms with Crippen LogP contribution in [0.5, 0.6) is 17.2 Å². The van der Waals surface area contributed by atoms with Gasteiger partial charge < -0.3 is 23.6 Å². The van der Waals surface area contributed by atoms with Crippen LogP contribution in [0.25, 0.3) is 0 Å². The number of nitrogens with zero attached hydrogens (tertiary/aromatic N) is 3. The molecule has 0 saturated carbocycles. The second-order valence-corrected chi connectivity index (χ2v) is 7.03. The second-order valence-electron chi connectivity index (χ2n) is 7.03. The summed E-state index contributed by atoms with van der Waals surface area (Å²) < 4.78 is 22.4. The van der Waals surface area contributed by atoms with Crippen molar-refractivity contribution in [3.05, 3.63) is 29.5 Å². The zero-order valence-corrected chi connectivity index (χ0v) is 18.5. The van der Waals surface area contributed by atoms with Crippen molar-refractivity contribution in [3.8, 4) is 17.2 Å². The monoisotopic (exact) mass is 431 g/mol. The molecule has 1 aromatic heterocycles. The summed E-state index contributed by atoms with van der Waals surface area (Å²) in [6.45, 7) is 9.23. The third kappa shape index (κ3) is 5.10. The van der Waals surface area contributed by atoms with E-state index in [1.807, 2.05) is 20.8 Å². The van der Waals surface area contributed by atoms with E-state index in [1.54, 1.807) is 30.0 Å². The second kappa shape index (κ2) is 10.2. The van der Waals surface area contributed by atoms with E-state index in [4.69, 9.17) is 18.7 Å². The highest BCUT2D eigenvalue weighted by atomic mass is 16.5. The average Bonchev–Trinajstić information content (AvgIpc) is 3.36. The van der Waals surface area contributed by atoms with Crippen molar-refractivity contribution >= 4 is 17.6 Å². The summed E-state index contributed by atoms with van der Waals surface area (Å²) in [5.74, 6) is 1.87. The standard InChI is InChI=1S/C22H29N3O6/c1-5-28-17-12-16(13-18(29-6-2)21(17)30-7-3)22(27)25(19-11-15(4)31-23-19)14-24-10-8-9-20(24)26/h11-13H,5-10,14H2,1-4H3. The summed E-state index contributed by atoms with van der Waals surface area (Å²) in [5, 5.41) is 4.00. The number of hydrogen-bond acceptors (Lipinski definition) is 7. The van der Waals surface area contributed by atoms with Gasteiger partial charge in [0, 0.05) is 24.6 Å². The van der Waals surface area contributed by atoms with Gasteiger partial charge in [-0.1, -0.05) is 5.16 Å². The number of benzene rings is 1. The largest absolute Gasteiger partial charge is 0.490 e. The molecule has 9 nitrogen and oxygen atoms in total. The van der Waals surface area contributed by atoms with Crippen LogP contribution in [0.3, 0.4) is 0 Å². The summed E-state index contributed by atoms with van der Waals surface area (Å²) in [6, 6.07) is 4.93. The first-order chi connectivity index (χ1) is 15.0. The maximum Gasteiger partial charge on any atom is 0.261 e. The Labute approximate surface area is 181 Å². The summed E-state index contributed by atoms with van der Waals surface area (Å²) in [4.78, 5) is 28.8. The Bertz CT molecular complexity index is 899. The molecule has 1 aromatic carbocycles. The van der Waals surface area contributed by atoms with Gasteiger partial charge in [0.05, 0.1) is 19.8 Å². The summed E-state index contributed by atoms with van der Waals surface area (Å²) in [7, 11) is 0. The molecule has 1 aliphatic rings. The molecule has 1 saturated heterocycles. The van der Waals surface area contributed by atoms with Crippen LogP contribution in [-0.2, 0) is 4.79 Å². The van der Waals surface area contributed by atoms with E-state index in [9.17, 15) is 9.59 Å². The first-order valence-corrected chi connectivity index (χ1v) is 10.6. The van der Waals surface area contributed by atoms with Crippen molar-refractivity contribution in [2.24, 2.45) is 0 Å². The fraction of sp³-hybridized carbons (Fsp3) is 0.500. The first kappa shape index (κ1) is 22.5. The number of ether oxygens (including phenoxy) is 3. The zero-order valence-electron chi connectivity index (χ0n) is 18.5. The average molecular weight is 431 g/mol. The van der Waals surface area contributed by atoms with Gasteiger partial charge in [0.25, 0.3) is 5.91 Å². The Morgan fingerprint density at radius 1 is 1.10 bits per heavy atom. The summed E-state index contributed by atoms with van der Waals surface area (Å²) >= 11 is 0. The number of likely N-dealkylation sites (tertiary alicyclic amines) is 1. The highest BCUT2D eigenvalue weighted by Gasteiger charge is 2.29. The van der Waals surface area contributed by atoms with Gasteiger partial charge in [0.1, 0.15) is 12.4 Å². The Morgan fingerprint density at radius 3 is 2.23 bits per heavy atom. The molecule has 31 heavy (non-hydrogen) atoms. The molecule has 2 heterocycles. The Balaban J connectivity index is 2.01. The van der Waals surface area contributed by atoms with Crippen LogP contribution in [0.1, 0.15) is 49.7 Å². The number of carbonyl (C=O) groups excluding carboxylic acids is 2. The van der Waals surface area contributed by atoms with Crippen molar-refractivity contribution in [2.45, 2.75) is 40.5 Å². The molecule has 1 aliphatic heterocycles. The van der Waals surface area contributed by atoms with Crippen LogP contribution in [-0.4, -0.2) is 54.9 Å². The van der Waals surface area contributed by atoms with Gasteiger partial charge in [0.2, 0.25) is 11.7 Å². The number of anilines is 1. The highest BCUT2D eigenvalue weighted by molar-refractivity contribution is 6.06. The van der Waals surface area contributed by atoms with Crippen molar-refractivity contribution < 1.29 is 28.3 Å². The van der Waals surface area contributed by atoms with Gasteiger partial charge in [-0.15, -0.1) is 0 Å². The fourth-order valence-corrected chi connectivity index (χ4v) is 3.41. The SMILES string of the molecule is CCOc1cc(C(=O)N(CN2CCCC2=O)c2cc(C)on2)cc(OCC)c1OCC. The van der Waals surface area contributed by atoms with E-state index < -0.39 is 0 Å². The molecule has 9 heteroatoms. The number of amides is 2. The van der Waals surface area contributed by atoms with Gasteiger partial charge in [-0.05, 0) is 46.2 Å². The third-order valence-corrected chi connectivity index (χ3v) is 4.78. The van der Waals surface area contributed by atoms with Gasteiger partial charge in [-0.2, -0.15) is 0 Å². The quantitative estimate of drug-likeness (QED) is 0.569. The van der Waals surface area contributed by atoms with Crippen molar-refractivity contribution in [1.29, 1.82) is 0 Å². The van der Waals surface area contributed by atoms with Crippen LogP contribution in [0.4, 0.5) is 5.82 Å². The number of hydrogen-bond donors (Lipinski definition) is 0. The molecule has 0 bridgehead atoms. The van der Waals surface area contributed by atoms with E-state index in [-0.39, 0.29) is 18.5 Å². The minimum absolute atomic E-state index is 0.00900. The first-order valence-electron chi connectivity index (χ1n) is 10.6. The molecule has 2 amide bonds. The van der Waals surface area contributed by atoms with E-state index in [1.165, 1.54) is 4.90 Å². The minimum Gasteiger partial charge on any atom is -0.490 e. The molecule has 0 spiro atoms. The molecule has 3 rings (SSSR count). The molecule has 0 radical (unpaired) electrons. The molecule has 2 aromatic rings. The Kier molecular flexibility index (Phi) is 7.38. The topological polar surface area (TPSA) is 94.3 Å². The van der Waals surface area contributed by atoms with Crippen molar-refractivity contribution in [1.82, 2.24) is 10.1 Å². The smallest absolute Gasteiger partial charge is 0.261 e. The zero-order chi connectivity index (χ0) is 22.4. The number of rotatable bonds is 10. The van der Waals surface area contributed by atoms with Gasteiger partial charge in [0.15, 0.2) is 17.3 Å². The number of aryl methyl sites for hydroxylation is 1. The molecule has 168 valence electrons. The molecular weight excluding hydrogens is 402 g/mol. The molecule has 0 unspecified atom stereocenters. The van der Waals surface area contributed by atoms with Gasteiger partial charge >= 0.3 is 0 Å². The van der Waals surface area contributed by atoms with E-state index >= 15 is 0 Å². The van der Waals surface area contributed by atoms with Crippen molar-refractivity contribution in [3.63, 3.8) is 0 Å². The van der Waals surface area contributed by atoms with Gasteiger partial charge in [-0.3, -0.25) is 14.5 Å². The number of carbonyl (C=O) groups is 2. The fourth-order valence-electron chi connectivity index (χ4n) is 3.41. The van der Waals surface area contributed by atoms with Crippen LogP contribution in [0.2, 0.25) is 0 Å². The lowest BCUT2D eigenvalue weighted by atomic mass is 10.1. The molecule has 0 aliphatic carbocycles. The van der Waals surface area contributed by atoms with E-state index in [0.717, 1.165) is 6.42 Å². The Hall–Kier alpha value is -3.23. The molecule has 1 fully saturated rings. The van der Waals surface area contributed by atoms with E-state index in [2.05, 4.69) is 5.16 Å². The van der Waals surface area contributed by atoms with Gasteiger partial charge in [-0.25, -0.2) is 0 Å². The Morgan fingerprint density at radius 2 is 1.74 bits per heavy atom. The summed E-state index contributed by atoms with van der Waals surface area (Å²) in [5.41, 5.74) is 0.336. The molecule has 0 atom stereocenters. The van der Waals surface area contributed by atoms with Crippen LogP contribution < -0.4 is 19.1 Å². The third-order valence-electron chi connectivity index (χ3n) is 4.78. The lowest BCUT2D eigenvalue weighted by Crippen LogP contribution is -2.42. The van der Waals surface area contributed by atoms with Crippen molar-refractivity contribution in [2.75, 3.05) is 37.9 Å². The molecular formula is C22H29N3O6. The lowest BCUT2D eigenvalue weighted by molar-refractivity contribution is -0.127. The minimum atomic E-state index is -0.349. The number of aromatic nitrogens is 1. The van der Waals surface area contributed by atoms with Crippen LogP contribution in [0.15, 0.2) is 22.7 Å².